The molecule has 0 atom stereocenters. The Hall–Kier alpha value is -2.26. The highest BCUT2D eigenvalue weighted by Gasteiger charge is 2.26. The molecule has 0 saturated carbocycles. The van der Waals surface area contributed by atoms with Gasteiger partial charge >= 0.3 is 0 Å². The van der Waals surface area contributed by atoms with Gasteiger partial charge in [0.15, 0.2) is 0 Å². The zero-order valence-corrected chi connectivity index (χ0v) is 14.6. The van der Waals surface area contributed by atoms with Crippen LogP contribution in [-0.4, -0.2) is 38.9 Å². The van der Waals surface area contributed by atoms with Crippen LogP contribution in [0.3, 0.4) is 0 Å². The molecule has 0 spiro atoms. The molecule has 0 bridgehead atoms. The molecule has 140 valence electrons. The fraction of sp³-hybridized carbons (Fsp3) is 0.353. The molecule has 9 heteroatoms. The van der Waals surface area contributed by atoms with Crippen molar-refractivity contribution in [3.8, 4) is 0 Å². The summed E-state index contributed by atoms with van der Waals surface area (Å²) in [6.07, 6.45) is 4.07. The van der Waals surface area contributed by atoms with Gasteiger partial charge in [0.1, 0.15) is 22.8 Å². The van der Waals surface area contributed by atoms with Crippen molar-refractivity contribution in [2.75, 3.05) is 19.6 Å². The topological polar surface area (TPSA) is 79.6 Å². The highest BCUT2D eigenvalue weighted by Crippen LogP contribution is 2.20. The van der Waals surface area contributed by atoms with Crippen molar-refractivity contribution in [3.05, 3.63) is 54.0 Å². The quantitative estimate of drug-likeness (QED) is 0.859. The number of amides is 1. The first-order valence-corrected chi connectivity index (χ1v) is 9.61. The van der Waals surface area contributed by atoms with Crippen LogP contribution < -0.4 is 4.72 Å². The number of nitrogens with one attached hydrogen (secondary N) is 1. The van der Waals surface area contributed by atoms with Crippen molar-refractivity contribution in [1.82, 2.24) is 9.62 Å². The highest BCUT2D eigenvalue weighted by atomic mass is 32.2. The van der Waals surface area contributed by atoms with Crippen LogP contribution in [0.15, 0.2) is 46.1 Å². The molecule has 1 fully saturated rings. The maximum Gasteiger partial charge on any atom is 0.257 e. The number of piperidine rings is 1. The second kappa shape index (κ2) is 7.55. The summed E-state index contributed by atoms with van der Waals surface area (Å²) in [6.45, 7) is 1.13. The molecule has 26 heavy (non-hydrogen) atoms. The van der Waals surface area contributed by atoms with E-state index in [2.05, 4.69) is 4.72 Å². The van der Waals surface area contributed by atoms with E-state index in [0.29, 0.717) is 37.6 Å². The Kier molecular flexibility index (Phi) is 5.38. The van der Waals surface area contributed by atoms with Gasteiger partial charge in [-0.25, -0.2) is 21.9 Å². The lowest BCUT2D eigenvalue weighted by atomic mass is 9.97. The smallest absolute Gasteiger partial charge is 0.257 e. The van der Waals surface area contributed by atoms with Gasteiger partial charge in [0, 0.05) is 25.7 Å². The number of benzene rings is 1. The van der Waals surface area contributed by atoms with Crippen molar-refractivity contribution in [2.45, 2.75) is 17.7 Å². The van der Waals surface area contributed by atoms with Crippen LogP contribution in [0.1, 0.15) is 23.2 Å². The number of carbonyl (C=O) groups is 1. The molecule has 0 radical (unpaired) electrons. The Bertz CT molecular complexity index is 876. The van der Waals surface area contributed by atoms with E-state index >= 15 is 0 Å². The Labute approximate surface area is 149 Å². The Balaban J connectivity index is 1.54. The SMILES string of the molecule is O=C(c1ccoc1)N1CCC(CNS(=O)(=O)c2ccc(F)cc2F)CC1. The minimum atomic E-state index is -4.06. The van der Waals surface area contributed by atoms with Crippen LogP contribution >= 0.6 is 0 Å². The molecule has 1 aliphatic rings. The molecular weight excluding hydrogens is 366 g/mol. The standard InChI is InChI=1S/C17H18F2N2O4S/c18-14-1-2-16(15(19)9-14)26(23,24)20-10-12-3-6-21(7-4-12)17(22)13-5-8-25-11-13/h1-2,5,8-9,11-12,20H,3-4,6-7,10H2. The lowest BCUT2D eigenvalue weighted by Gasteiger charge is -2.31. The molecule has 2 aromatic rings. The fourth-order valence-corrected chi connectivity index (χ4v) is 4.08. The van der Waals surface area contributed by atoms with Gasteiger partial charge in [0.25, 0.3) is 5.91 Å². The normalized spacial score (nSPS) is 16.0. The number of furan rings is 1. The number of hydrogen-bond donors (Lipinski definition) is 1. The van der Waals surface area contributed by atoms with Crippen LogP contribution in [0.2, 0.25) is 0 Å². The third-order valence-electron chi connectivity index (χ3n) is 4.42. The number of rotatable bonds is 5. The summed E-state index contributed by atoms with van der Waals surface area (Å²) < 4.78 is 58.2. The lowest BCUT2D eigenvalue weighted by molar-refractivity contribution is 0.0691. The Morgan fingerprint density at radius 2 is 1.96 bits per heavy atom. The average Bonchev–Trinajstić information content (AvgIpc) is 3.14. The maximum absolute atomic E-state index is 13.7. The second-order valence-corrected chi connectivity index (χ2v) is 7.91. The molecule has 0 unspecified atom stereocenters. The van der Waals surface area contributed by atoms with E-state index in [9.17, 15) is 22.0 Å². The average molecular weight is 384 g/mol. The van der Waals surface area contributed by atoms with E-state index in [1.165, 1.54) is 12.5 Å². The molecule has 0 aliphatic carbocycles. The van der Waals surface area contributed by atoms with Crippen LogP contribution in [0.25, 0.3) is 0 Å². The maximum atomic E-state index is 13.7. The van der Waals surface area contributed by atoms with Crippen molar-refractivity contribution in [3.63, 3.8) is 0 Å². The lowest BCUT2D eigenvalue weighted by Crippen LogP contribution is -2.41. The first-order valence-electron chi connectivity index (χ1n) is 8.13. The first kappa shape index (κ1) is 18.5. The molecule has 1 N–H and O–H groups in total. The van der Waals surface area contributed by atoms with Crippen molar-refractivity contribution in [2.24, 2.45) is 5.92 Å². The molecule has 2 heterocycles. The minimum absolute atomic E-state index is 0.0293. The van der Waals surface area contributed by atoms with E-state index in [-0.39, 0.29) is 18.4 Å². The van der Waals surface area contributed by atoms with Crippen LogP contribution in [-0.2, 0) is 10.0 Å². The minimum Gasteiger partial charge on any atom is -0.472 e. The predicted molar refractivity (Wildman–Crippen MR) is 88.9 cm³/mol. The molecule has 1 aliphatic heterocycles. The summed E-state index contributed by atoms with van der Waals surface area (Å²) in [5.74, 6) is -2.05. The van der Waals surface area contributed by atoms with E-state index < -0.39 is 26.6 Å². The van der Waals surface area contributed by atoms with Crippen molar-refractivity contribution >= 4 is 15.9 Å². The van der Waals surface area contributed by atoms with Gasteiger partial charge in [0.2, 0.25) is 10.0 Å². The van der Waals surface area contributed by atoms with E-state index in [0.717, 1.165) is 12.1 Å². The number of carbonyl (C=O) groups excluding carboxylic acids is 1. The van der Waals surface area contributed by atoms with Crippen molar-refractivity contribution < 1.29 is 26.4 Å². The van der Waals surface area contributed by atoms with Gasteiger partial charge in [-0.3, -0.25) is 4.79 Å². The summed E-state index contributed by atoms with van der Waals surface area (Å²) in [5.41, 5.74) is 0.482. The predicted octanol–water partition coefficient (Wildman–Crippen LogP) is 2.39. The molecule has 6 nitrogen and oxygen atoms in total. The van der Waals surface area contributed by atoms with Gasteiger partial charge < -0.3 is 9.32 Å². The number of sulfonamides is 1. The largest absolute Gasteiger partial charge is 0.472 e. The van der Waals surface area contributed by atoms with Crippen LogP contribution in [0.5, 0.6) is 0 Å². The highest BCUT2D eigenvalue weighted by molar-refractivity contribution is 7.89. The second-order valence-electron chi connectivity index (χ2n) is 6.17. The zero-order valence-electron chi connectivity index (χ0n) is 13.8. The van der Waals surface area contributed by atoms with E-state index in [1.807, 2.05) is 0 Å². The van der Waals surface area contributed by atoms with Gasteiger partial charge in [-0.1, -0.05) is 0 Å². The van der Waals surface area contributed by atoms with Crippen LogP contribution in [0.4, 0.5) is 8.78 Å². The summed E-state index contributed by atoms with van der Waals surface area (Å²) in [4.78, 5) is 13.3. The van der Waals surface area contributed by atoms with Crippen LogP contribution in [0, 0.1) is 17.6 Å². The van der Waals surface area contributed by atoms with E-state index in [4.69, 9.17) is 4.42 Å². The number of nitrogens with zero attached hydrogens (tertiary/aromatic N) is 1. The van der Waals surface area contributed by atoms with Crippen molar-refractivity contribution in [1.29, 1.82) is 0 Å². The zero-order chi connectivity index (χ0) is 18.7. The summed E-state index contributed by atoms with van der Waals surface area (Å²) in [7, 11) is -4.06. The fourth-order valence-electron chi connectivity index (χ4n) is 2.91. The Morgan fingerprint density at radius 1 is 1.23 bits per heavy atom. The third-order valence-corrected chi connectivity index (χ3v) is 5.87. The molecule has 1 amide bonds. The first-order chi connectivity index (χ1) is 12.4. The summed E-state index contributed by atoms with van der Waals surface area (Å²) in [6, 6.07) is 3.94. The molecule has 1 saturated heterocycles. The third kappa shape index (κ3) is 4.10. The molecule has 3 rings (SSSR count). The molecular formula is C17H18F2N2O4S. The van der Waals surface area contributed by atoms with Gasteiger partial charge in [-0.05, 0) is 37.0 Å². The van der Waals surface area contributed by atoms with Gasteiger partial charge in [-0.15, -0.1) is 0 Å². The number of likely N-dealkylation sites (tertiary alicyclic amines) is 1. The monoisotopic (exact) mass is 384 g/mol. The van der Waals surface area contributed by atoms with E-state index in [1.54, 1.807) is 11.0 Å². The van der Waals surface area contributed by atoms with Gasteiger partial charge in [0.05, 0.1) is 11.8 Å². The Morgan fingerprint density at radius 3 is 2.58 bits per heavy atom. The number of hydrogen-bond acceptors (Lipinski definition) is 4. The summed E-state index contributed by atoms with van der Waals surface area (Å²) in [5, 5.41) is 0. The summed E-state index contributed by atoms with van der Waals surface area (Å²) >= 11 is 0. The van der Waals surface area contributed by atoms with Gasteiger partial charge in [-0.2, -0.15) is 0 Å². The number of halogens is 2. The molecule has 1 aromatic carbocycles. The molecule has 1 aromatic heterocycles.